The number of carbonyl (C=O) groups is 2. The first-order valence-corrected chi connectivity index (χ1v) is 5.52. The van der Waals surface area contributed by atoms with E-state index in [-0.39, 0.29) is 11.3 Å². The van der Waals surface area contributed by atoms with Gasteiger partial charge >= 0.3 is 17.7 Å². The van der Waals surface area contributed by atoms with E-state index in [1.165, 1.54) is 12.1 Å². The number of fused-ring (bicyclic) bond motifs is 3. The lowest BCUT2D eigenvalue weighted by Crippen LogP contribution is -2.46. The Hall–Kier alpha value is -2.16. The largest absolute Gasteiger partial charge is 0.448 e. The molecule has 0 aromatic heterocycles. The van der Waals surface area contributed by atoms with E-state index >= 15 is 0 Å². The van der Waals surface area contributed by atoms with Gasteiger partial charge in [-0.2, -0.15) is 0 Å². The topological polar surface area (TPSA) is 112 Å². The van der Waals surface area contributed by atoms with Crippen molar-refractivity contribution in [2.24, 2.45) is 0 Å². The van der Waals surface area contributed by atoms with Gasteiger partial charge in [-0.3, -0.25) is 0 Å². The van der Waals surface area contributed by atoms with Crippen LogP contribution in [-0.2, 0) is 29.9 Å². The second kappa shape index (κ2) is 4.75. The van der Waals surface area contributed by atoms with E-state index in [0.29, 0.717) is 0 Å². The van der Waals surface area contributed by atoms with Crippen LogP contribution in [0.3, 0.4) is 0 Å². The summed E-state index contributed by atoms with van der Waals surface area (Å²) >= 11 is 0. The summed E-state index contributed by atoms with van der Waals surface area (Å²) in [5.74, 6) is -7.15. The van der Waals surface area contributed by atoms with Gasteiger partial charge in [-0.25, -0.2) is 19.4 Å². The van der Waals surface area contributed by atoms with Gasteiger partial charge < -0.3 is 19.7 Å². The predicted octanol–water partition coefficient (Wildman–Crippen LogP) is -0.420. The molecular formula is C12H12O8. The zero-order valence-electron chi connectivity index (χ0n) is 10.7. The molecule has 2 atom stereocenters. The van der Waals surface area contributed by atoms with Crippen molar-refractivity contribution in [2.75, 3.05) is 7.11 Å². The fourth-order valence-corrected chi connectivity index (χ4v) is 1.43. The van der Waals surface area contributed by atoms with Gasteiger partial charge in [0.05, 0.1) is 0 Å². The Morgan fingerprint density at radius 1 is 1.25 bits per heavy atom. The Morgan fingerprint density at radius 3 is 2.30 bits per heavy atom. The lowest BCUT2D eigenvalue weighted by molar-refractivity contribution is -0.307. The molecule has 0 amide bonds. The molecule has 0 spiro atoms. The number of benzene rings is 1. The minimum Gasteiger partial charge on any atom is -0.448 e. The highest BCUT2D eigenvalue weighted by molar-refractivity contribution is 5.82. The maximum atomic E-state index is 11.7. The van der Waals surface area contributed by atoms with E-state index in [2.05, 4.69) is 14.5 Å². The second-order valence-electron chi connectivity index (χ2n) is 4.20. The van der Waals surface area contributed by atoms with Gasteiger partial charge in [0.1, 0.15) is 5.75 Å². The van der Waals surface area contributed by atoms with E-state index in [0.717, 1.165) is 14.0 Å². The molecule has 1 aromatic carbocycles. The van der Waals surface area contributed by atoms with E-state index < -0.39 is 23.5 Å². The van der Waals surface area contributed by atoms with Gasteiger partial charge in [0, 0.05) is 19.6 Å². The molecule has 2 bridgehead atoms. The molecule has 0 fully saturated rings. The van der Waals surface area contributed by atoms with Crippen LogP contribution < -0.4 is 4.74 Å². The number of carbonyl (C=O) groups excluding carboxylic acids is 2. The Labute approximate surface area is 113 Å². The van der Waals surface area contributed by atoms with Crippen molar-refractivity contribution in [1.29, 1.82) is 0 Å². The molecule has 2 aliphatic heterocycles. The van der Waals surface area contributed by atoms with Crippen LogP contribution in [0.4, 0.5) is 0 Å². The van der Waals surface area contributed by atoms with E-state index in [1.807, 2.05) is 0 Å². The average molecular weight is 284 g/mol. The predicted molar refractivity (Wildman–Crippen MR) is 60.8 cm³/mol. The van der Waals surface area contributed by atoms with Crippen molar-refractivity contribution in [1.82, 2.24) is 0 Å². The van der Waals surface area contributed by atoms with Crippen LogP contribution in [0.1, 0.15) is 12.5 Å². The van der Waals surface area contributed by atoms with Gasteiger partial charge in [0.2, 0.25) is 0 Å². The van der Waals surface area contributed by atoms with E-state index in [9.17, 15) is 19.8 Å². The normalized spacial score (nSPS) is 22.6. The minimum absolute atomic E-state index is 0.118. The third kappa shape index (κ3) is 2.31. The van der Waals surface area contributed by atoms with Crippen molar-refractivity contribution in [3.63, 3.8) is 0 Å². The average Bonchev–Trinajstić information content (AvgIpc) is 2.45. The van der Waals surface area contributed by atoms with Crippen molar-refractivity contribution in [3.8, 4) is 5.75 Å². The summed E-state index contributed by atoms with van der Waals surface area (Å²) in [4.78, 5) is 31.3. The van der Waals surface area contributed by atoms with Crippen LogP contribution >= 0.6 is 0 Å². The third-order valence-electron chi connectivity index (χ3n) is 2.76. The first kappa shape index (κ1) is 14.3. The number of methoxy groups -OCH3 is 1. The molecule has 0 saturated carbocycles. The van der Waals surface area contributed by atoms with E-state index in [1.54, 1.807) is 12.1 Å². The lowest BCUT2D eigenvalue weighted by Gasteiger charge is -2.30. The number of hydrogen-bond donors (Lipinski definition) is 2. The molecular weight excluding hydrogens is 272 g/mol. The maximum Gasteiger partial charge on any atom is 0.431 e. The van der Waals surface area contributed by atoms with Gasteiger partial charge in [0.15, 0.2) is 0 Å². The Balaban J connectivity index is 2.03. The van der Waals surface area contributed by atoms with Gasteiger partial charge in [-0.05, 0) is 24.3 Å². The number of hydrogen-bond acceptors (Lipinski definition) is 8. The second-order valence-corrected chi connectivity index (χ2v) is 4.20. The van der Waals surface area contributed by atoms with Crippen molar-refractivity contribution in [3.05, 3.63) is 29.8 Å². The quantitative estimate of drug-likeness (QED) is 0.437. The van der Waals surface area contributed by atoms with Gasteiger partial charge in [0.25, 0.3) is 5.79 Å². The highest BCUT2D eigenvalue weighted by Crippen LogP contribution is 2.33. The molecule has 8 nitrogen and oxygen atoms in total. The standard InChI is InChI=1S/C12H12O8/c1-11(15,17-2)9(13)19-20-10(14)12(16)7-3-5-8(18-12)6-4-7/h3-6,15-16H,1-2H3. The number of ether oxygens (including phenoxy) is 2. The molecule has 2 aliphatic rings. The summed E-state index contributed by atoms with van der Waals surface area (Å²) in [6.45, 7) is 0.993. The summed E-state index contributed by atoms with van der Waals surface area (Å²) in [5, 5.41) is 19.4. The molecule has 1 aromatic rings. The highest BCUT2D eigenvalue weighted by atomic mass is 17.2. The van der Waals surface area contributed by atoms with Crippen molar-refractivity contribution >= 4 is 11.9 Å². The van der Waals surface area contributed by atoms with Crippen LogP contribution in [0.15, 0.2) is 24.3 Å². The van der Waals surface area contributed by atoms with Crippen LogP contribution in [0.5, 0.6) is 5.75 Å². The molecule has 8 heteroatoms. The van der Waals surface area contributed by atoms with Gasteiger partial charge in [-0.15, -0.1) is 0 Å². The summed E-state index contributed by atoms with van der Waals surface area (Å²) < 4.78 is 9.40. The fourth-order valence-electron chi connectivity index (χ4n) is 1.43. The van der Waals surface area contributed by atoms with Crippen LogP contribution in [-0.4, -0.2) is 35.0 Å². The maximum absolute atomic E-state index is 11.7. The Kier molecular flexibility index (Phi) is 3.38. The third-order valence-corrected chi connectivity index (χ3v) is 2.76. The SMILES string of the molecule is COC(C)(O)C(=O)OOC(=O)C1(O)Oc2ccc1cc2. The zero-order valence-corrected chi connectivity index (χ0v) is 10.7. The molecule has 2 unspecified atom stereocenters. The molecule has 0 aliphatic carbocycles. The first-order chi connectivity index (χ1) is 9.29. The zero-order chi connectivity index (χ0) is 15.0. The fraction of sp³-hybridized carbons (Fsp3) is 0.333. The number of rotatable bonds is 3. The monoisotopic (exact) mass is 284 g/mol. The van der Waals surface area contributed by atoms with Crippen LogP contribution in [0.25, 0.3) is 0 Å². The Morgan fingerprint density at radius 2 is 1.85 bits per heavy atom. The summed E-state index contributed by atoms with van der Waals surface area (Å²) in [6.07, 6.45) is 0. The minimum atomic E-state index is -2.39. The van der Waals surface area contributed by atoms with Gasteiger partial charge in [-0.1, -0.05) is 0 Å². The van der Waals surface area contributed by atoms with E-state index in [4.69, 9.17) is 4.74 Å². The first-order valence-electron chi connectivity index (χ1n) is 5.52. The molecule has 108 valence electrons. The smallest absolute Gasteiger partial charge is 0.431 e. The van der Waals surface area contributed by atoms with Crippen molar-refractivity contribution in [2.45, 2.75) is 18.5 Å². The van der Waals surface area contributed by atoms with Crippen molar-refractivity contribution < 1.29 is 39.1 Å². The number of aliphatic hydroxyl groups is 2. The molecule has 2 N–H and O–H groups in total. The lowest BCUT2D eigenvalue weighted by atomic mass is 10.0. The highest BCUT2D eigenvalue weighted by Gasteiger charge is 2.47. The summed E-state index contributed by atoms with van der Waals surface area (Å²) in [5.41, 5.74) is 0.118. The van der Waals surface area contributed by atoms with Crippen LogP contribution in [0.2, 0.25) is 0 Å². The molecule has 0 saturated heterocycles. The molecule has 3 rings (SSSR count). The molecule has 2 heterocycles. The van der Waals surface area contributed by atoms with Crippen LogP contribution in [0, 0.1) is 0 Å². The molecule has 20 heavy (non-hydrogen) atoms. The molecule has 0 radical (unpaired) electrons. The summed E-state index contributed by atoms with van der Waals surface area (Å²) in [6, 6.07) is 5.98. The summed E-state index contributed by atoms with van der Waals surface area (Å²) in [7, 11) is 1.06. The Bertz CT molecular complexity index is 535.